The van der Waals surface area contributed by atoms with Gasteiger partial charge in [-0.1, -0.05) is 30.3 Å². The highest BCUT2D eigenvalue weighted by Crippen LogP contribution is 2.48. The topological polar surface area (TPSA) is 36.4 Å². The number of rotatable bonds is 5. The van der Waals surface area contributed by atoms with E-state index in [2.05, 4.69) is 61.7 Å². The zero-order valence-corrected chi connectivity index (χ0v) is 12.2. The molecule has 0 unspecified atom stereocenters. The molecule has 1 fully saturated rings. The van der Waals surface area contributed by atoms with Gasteiger partial charge in [0.25, 0.3) is 0 Å². The Kier molecular flexibility index (Phi) is 4.46. The van der Waals surface area contributed by atoms with Gasteiger partial charge in [-0.2, -0.15) is 0 Å². The lowest BCUT2D eigenvalue weighted by molar-refractivity contribution is 0.670. The zero-order chi connectivity index (χ0) is 13.7. The summed E-state index contributed by atoms with van der Waals surface area (Å²) in [6.45, 7) is 8.14. The first-order valence-electron chi connectivity index (χ1n) is 7.27. The van der Waals surface area contributed by atoms with Crippen molar-refractivity contribution < 1.29 is 0 Å². The fraction of sp³-hybridized carbons (Fsp3) is 0.562. The first kappa shape index (κ1) is 13.9. The molecule has 0 atom stereocenters. The Bertz CT molecular complexity index is 419. The molecule has 0 saturated heterocycles. The highest BCUT2D eigenvalue weighted by Gasteiger charge is 2.43. The van der Waals surface area contributed by atoms with E-state index in [1.54, 1.807) is 0 Å². The van der Waals surface area contributed by atoms with E-state index in [1.165, 1.54) is 18.4 Å². The fourth-order valence-electron chi connectivity index (χ4n) is 2.30. The summed E-state index contributed by atoms with van der Waals surface area (Å²) in [4.78, 5) is 4.76. The van der Waals surface area contributed by atoms with Crippen LogP contribution in [0, 0.1) is 0 Å². The van der Waals surface area contributed by atoms with Gasteiger partial charge in [0.15, 0.2) is 5.96 Å². The number of hydrogen-bond donors (Lipinski definition) is 2. The summed E-state index contributed by atoms with van der Waals surface area (Å²) >= 11 is 0. The number of aliphatic imine (C=N–C) groups is 1. The SMILES string of the molecule is CCNC(=NCC1(c2ccccc2)CC1)NC(C)C. The average Bonchev–Trinajstić information content (AvgIpc) is 3.18. The highest BCUT2D eigenvalue weighted by molar-refractivity contribution is 5.80. The van der Waals surface area contributed by atoms with Crippen LogP contribution in [0.2, 0.25) is 0 Å². The van der Waals surface area contributed by atoms with Gasteiger partial charge in [-0.05, 0) is 39.2 Å². The van der Waals surface area contributed by atoms with Crippen LogP contribution in [0.5, 0.6) is 0 Å². The van der Waals surface area contributed by atoms with Gasteiger partial charge in [-0.25, -0.2) is 0 Å². The van der Waals surface area contributed by atoms with Crippen molar-refractivity contribution in [3.63, 3.8) is 0 Å². The first-order valence-corrected chi connectivity index (χ1v) is 7.27. The van der Waals surface area contributed by atoms with Crippen molar-refractivity contribution in [2.45, 2.75) is 45.1 Å². The average molecular weight is 259 g/mol. The van der Waals surface area contributed by atoms with E-state index in [-0.39, 0.29) is 0 Å². The van der Waals surface area contributed by atoms with E-state index in [0.717, 1.165) is 19.0 Å². The van der Waals surface area contributed by atoms with Crippen molar-refractivity contribution >= 4 is 5.96 Å². The summed E-state index contributed by atoms with van der Waals surface area (Å²) in [6, 6.07) is 11.2. The molecule has 1 aromatic carbocycles. The largest absolute Gasteiger partial charge is 0.357 e. The van der Waals surface area contributed by atoms with Crippen LogP contribution in [0.4, 0.5) is 0 Å². The van der Waals surface area contributed by atoms with E-state index in [9.17, 15) is 0 Å². The molecule has 0 amide bonds. The Morgan fingerprint density at radius 2 is 1.95 bits per heavy atom. The smallest absolute Gasteiger partial charge is 0.191 e. The maximum absolute atomic E-state index is 4.76. The second-order valence-corrected chi connectivity index (χ2v) is 5.64. The summed E-state index contributed by atoms with van der Waals surface area (Å²) in [5, 5.41) is 6.68. The molecular weight excluding hydrogens is 234 g/mol. The maximum Gasteiger partial charge on any atom is 0.191 e. The second-order valence-electron chi connectivity index (χ2n) is 5.64. The molecule has 1 aliphatic rings. The summed E-state index contributed by atoms with van der Waals surface area (Å²) in [7, 11) is 0. The minimum atomic E-state index is 0.292. The summed E-state index contributed by atoms with van der Waals surface area (Å²) in [6.07, 6.45) is 2.50. The molecule has 1 aromatic rings. The van der Waals surface area contributed by atoms with Crippen LogP contribution in [-0.2, 0) is 5.41 Å². The third-order valence-corrected chi connectivity index (χ3v) is 3.55. The van der Waals surface area contributed by atoms with Gasteiger partial charge in [0, 0.05) is 18.0 Å². The fourth-order valence-corrected chi connectivity index (χ4v) is 2.30. The highest BCUT2D eigenvalue weighted by atomic mass is 15.2. The van der Waals surface area contributed by atoms with Crippen LogP contribution in [0.15, 0.2) is 35.3 Å². The molecule has 0 aromatic heterocycles. The molecule has 0 spiro atoms. The van der Waals surface area contributed by atoms with Crippen LogP contribution in [-0.4, -0.2) is 25.1 Å². The Morgan fingerprint density at radius 1 is 1.26 bits per heavy atom. The molecule has 0 aliphatic heterocycles. The van der Waals surface area contributed by atoms with Crippen LogP contribution in [0.3, 0.4) is 0 Å². The summed E-state index contributed by atoms with van der Waals surface area (Å²) in [5.41, 5.74) is 1.72. The molecule has 19 heavy (non-hydrogen) atoms. The number of benzene rings is 1. The van der Waals surface area contributed by atoms with Gasteiger partial charge in [0.2, 0.25) is 0 Å². The molecule has 2 rings (SSSR count). The van der Waals surface area contributed by atoms with E-state index in [0.29, 0.717) is 11.5 Å². The van der Waals surface area contributed by atoms with Crippen LogP contribution >= 0.6 is 0 Å². The van der Waals surface area contributed by atoms with Crippen molar-refractivity contribution in [3.8, 4) is 0 Å². The van der Waals surface area contributed by atoms with Crippen molar-refractivity contribution in [3.05, 3.63) is 35.9 Å². The van der Waals surface area contributed by atoms with E-state index >= 15 is 0 Å². The van der Waals surface area contributed by atoms with Gasteiger partial charge in [0.1, 0.15) is 0 Å². The van der Waals surface area contributed by atoms with Crippen molar-refractivity contribution in [2.24, 2.45) is 4.99 Å². The van der Waals surface area contributed by atoms with Crippen molar-refractivity contribution in [2.75, 3.05) is 13.1 Å². The molecule has 3 heteroatoms. The third kappa shape index (κ3) is 3.72. The molecule has 3 nitrogen and oxygen atoms in total. The van der Waals surface area contributed by atoms with Crippen LogP contribution in [0.25, 0.3) is 0 Å². The lowest BCUT2D eigenvalue weighted by atomic mass is 9.96. The molecule has 0 radical (unpaired) electrons. The van der Waals surface area contributed by atoms with Gasteiger partial charge >= 0.3 is 0 Å². The first-order chi connectivity index (χ1) is 9.16. The number of guanidine groups is 1. The predicted octanol–water partition coefficient (Wildman–Crippen LogP) is 2.68. The lowest BCUT2D eigenvalue weighted by Gasteiger charge is -2.17. The zero-order valence-electron chi connectivity index (χ0n) is 12.2. The standard InChI is InChI=1S/C16H25N3/c1-4-17-15(19-13(2)3)18-12-16(10-11-16)14-8-6-5-7-9-14/h5-9,13H,4,10-12H2,1-3H3,(H2,17,18,19). The van der Waals surface area contributed by atoms with Crippen LogP contribution in [0.1, 0.15) is 39.2 Å². The van der Waals surface area contributed by atoms with Gasteiger partial charge in [0.05, 0.1) is 6.54 Å². The summed E-state index contributed by atoms with van der Waals surface area (Å²) < 4.78 is 0. The van der Waals surface area contributed by atoms with Crippen molar-refractivity contribution in [1.82, 2.24) is 10.6 Å². The molecule has 0 heterocycles. The van der Waals surface area contributed by atoms with E-state index in [1.807, 2.05) is 0 Å². The number of nitrogens with one attached hydrogen (secondary N) is 2. The molecule has 2 N–H and O–H groups in total. The normalized spacial score (nSPS) is 17.4. The Labute approximate surface area is 116 Å². The third-order valence-electron chi connectivity index (χ3n) is 3.55. The maximum atomic E-state index is 4.76. The lowest BCUT2D eigenvalue weighted by Crippen LogP contribution is -2.41. The Balaban J connectivity index is 2.03. The molecule has 1 aliphatic carbocycles. The van der Waals surface area contributed by atoms with Gasteiger partial charge in [-0.3, -0.25) is 4.99 Å². The quantitative estimate of drug-likeness (QED) is 0.630. The van der Waals surface area contributed by atoms with E-state index < -0.39 is 0 Å². The van der Waals surface area contributed by atoms with Gasteiger partial charge < -0.3 is 10.6 Å². The number of nitrogens with zero attached hydrogens (tertiary/aromatic N) is 1. The van der Waals surface area contributed by atoms with Crippen LogP contribution < -0.4 is 10.6 Å². The van der Waals surface area contributed by atoms with Crippen molar-refractivity contribution in [1.29, 1.82) is 0 Å². The molecular formula is C16H25N3. The number of hydrogen-bond acceptors (Lipinski definition) is 1. The molecule has 0 bridgehead atoms. The Morgan fingerprint density at radius 3 is 2.47 bits per heavy atom. The van der Waals surface area contributed by atoms with Gasteiger partial charge in [-0.15, -0.1) is 0 Å². The monoisotopic (exact) mass is 259 g/mol. The predicted molar refractivity (Wildman–Crippen MR) is 81.6 cm³/mol. The Hall–Kier alpha value is -1.51. The summed E-state index contributed by atoms with van der Waals surface area (Å²) in [5.74, 6) is 0.930. The van der Waals surface area contributed by atoms with E-state index in [4.69, 9.17) is 4.99 Å². The molecule has 1 saturated carbocycles. The second kappa shape index (κ2) is 6.09. The minimum absolute atomic E-state index is 0.292. The molecule has 104 valence electrons. The minimum Gasteiger partial charge on any atom is -0.357 e.